The second-order valence-corrected chi connectivity index (χ2v) is 9.80. The molecule has 1 fully saturated rings. The van der Waals surface area contributed by atoms with Crippen molar-refractivity contribution in [1.82, 2.24) is 19.2 Å². The number of rotatable bonds is 5. The van der Waals surface area contributed by atoms with E-state index in [0.29, 0.717) is 16.5 Å². The molecule has 1 amide bonds. The van der Waals surface area contributed by atoms with Crippen LogP contribution in [0.15, 0.2) is 29.2 Å². The summed E-state index contributed by atoms with van der Waals surface area (Å²) in [6.45, 7) is 7.22. The molecule has 1 aromatic heterocycles. The molecule has 1 aliphatic heterocycles. The van der Waals surface area contributed by atoms with E-state index >= 15 is 0 Å². The van der Waals surface area contributed by atoms with Crippen LogP contribution in [0, 0.1) is 13.8 Å². The smallest absolute Gasteiger partial charge is 0.342 e. The SMILES string of the molecule is CCOC(=O)c1c(C)nc(C)nc1C(=O)N1CCN(S(=O)(=O)c2ccc(Cl)cc2)C(C)C1. The highest BCUT2D eigenvalue weighted by molar-refractivity contribution is 7.89. The predicted octanol–water partition coefficient (Wildman–Crippen LogP) is 2.46. The van der Waals surface area contributed by atoms with Crippen LogP contribution in [-0.2, 0) is 14.8 Å². The number of hydrogen-bond donors (Lipinski definition) is 0. The molecule has 1 saturated heterocycles. The number of hydrogen-bond acceptors (Lipinski definition) is 7. The first-order valence-corrected chi connectivity index (χ1v) is 12.0. The van der Waals surface area contributed by atoms with Crippen molar-refractivity contribution in [3.63, 3.8) is 0 Å². The number of ether oxygens (including phenoxy) is 1. The summed E-state index contributed by atoms with van der Waals surface area (Å²) in [5, 5.41) is 0.445. The van der Waals surface area contributed by atoms with Gasteiger partial charge in [0.15, 0.2) is 0 Å². The van der Waals surface area contributed by atoms with Crippen molar-refractivity contribution >= 4 is 33.5 Å². The summed E-state index contributed by atoms with van der Waals surface area (Å²) in [6, 6.07) is 5.48. The summed E-state index contributed by atoms with van der Waals surface area (Å²) < 4.78 is 32.6. The highest BCUT2D eigenvalue weighted by Crippen LogP contribution is 2.24. The summed E-state index contributed by atoms with van der Waals surface area (Å²) >= 11 is 5.87. The number of benzene rings is 1. The van der Waals surface area contributed by atoms with Crippen LogP contribution in [0.5, 0.6) is 0 Å². The number of aromatic nitrogens is 2. The average molecular weight is 481 g/mol. The zero-order valence-electron chi connectivity index (χ0n) is 18.3. The molecule has 0 radical (unpaired) electrons. The minimum atomic E-state index is -3.75. The number of carbonyl (C=O) groups excluding carboxylic acids is 2. The maximum atomic E-state index is 13.3. The molecule has 0 spiro atoms. The summed E-state index contributed by atoms with van der Waals surface area (Å²) in [7, 11) is -3.75. The number of sulfonamides is 1. The number of aryl methyl sites for hydroxylation is 2. The molecule has 1 unspecified atom stereocenters. The lowest BCUT2D eigenvalue weighted by atomic mass is 10.1. The standard InChI is InChI=1S/C21H25ClN4O5S/c1-5-31-21(28)18-14(3)23-15(4)24-19(18)20(27)25-10-11-26(13(2)12-25)32(29,30)17-8-6-16(22)7-9-17/h6-9,13H,5,10-12H2,1-4H3. The number of piperazine rings is 1. The molecule has 3 rings (SSSR count). The van der Waals surface area contributed by atoms with Gasteiger partial charge in [0, 0.05) is 30.7 Å². The lowest BCUT2D eigenvalue weighted by Crippen LogP contribution is -2.55. The summed E-state index contributed by atoms with van der Waals surface area (Å²) in [5.74, 6) is -0.765. The largest absolute Gasteiger partial charge is 0.462 e. The third kappa shape index (κ3) is 4.77. The average Bonchev–Trinajstić information content (AvgIpc) is 2.72. The summed E-state index contributed by atoms with van der Waals surface area (Å²) in [5.41, 5.74) is 0.359. The van der Waals surface area contributed by atoms with Gasteiger partial charge >= 0.3 is 5.97 Å². The Kier molecular flexibility index (Phi) is 7.16. The maximum Gasteiger partial charge on any atom is 0.342 e. The van der Waals surface area contributed by atoms with E-state index in [1.54, 1.807) is 27.7 Å². The van der Waals surface area contributed by atoms with E-state index in [-0.39, 0.29) is 42.4 Å². The number of nitrogens with zero attached hydrogens (tertiary/aromatic N) is 4. The molecular formula is C21H25ClN4O5S. The van der Waals surface area contributed by atoms with Gasteiger partial charge in [-0.15, -0.1) is 0 Å². The monoisotopic (exact) mass is 480 g/mol. The van der Waals surface area contributed by atoms with Gasteiger partial charge in [-0.3, -0.25) is 4.79 Å². The van der Waals surface area contributed by atoms with Gasteiger partial charge in [0.2, 0.25) is 10.0 Å². The van der Waals surface area contributed by atoms with Gasteiger partial charge in [-0.1, -0.05) is 11.6 Å². The zero-order valence-corrected chi connectivity index (χ0v) is 19.9. The third-order valence-electron chi connectivity index (χ3n) is 5.16. The van der Waals surface area contributed by atoms with Gasteiger partial charge in [0.05, 0.1) is 17.2 Å². The molecule has 0 N–H and O–H groups in total. The third-order valence-corrected chi connectivity index (χ3v) is 7.44. The first-order valence-electron chi connectivity index (χ1n) is 10.1. The lowest BCUT2D eigenvalue weighted by molar-refractivity contribution is 0.0509. The van der Waals surface area contributed by atoms with Gasteiger partial charge in [-0.25, -0.2) is 23.2 Å². The Balaban J connectivity index is 1.85. The van der Waals surface area contributed by atoms with Crippen molar-refractivity contribution in [2.45, 2.75) is 38.6 Å². The Hall–Kier alpha value is -2.56. The quantitative estimate of drug-likeness (QED) is 0.604. The topological polar surface area (TPSA) is 110 Å². The molecule has 0 saturated carbocycles. The fourth-order valence-electron chi connectivity index (χ4n) is 3.69. The van der Waals surface area contributed by atoms with Gasteiger partial charge in [0.1, 0.15) is 17.1 Å². The minimum Gasteiger partial charge on any atom is -0.462 e. The van der Waals surface area contributed by atoms with E-state index in [9.17, 15) is 18.0 Å². The Labute approximate surface area is 192 Å². The fourth-order valence-corrected chi connectivity index (χ4v) is 5.43. The van der Waals surface area contributed by atoms with Crippen LogP contribution < -0.4 is 0 Å². The summed E-state index contributed by atoms with van der Waals surface area (Å²) in [6.07, 6.45) is 0. The fraction of sp³-hybridized carbons (Fsp3) is 0.429. The Morgan fingerprint density at radius 1 is 1.16 bits per heavy atom. The molecule has 9 nitrogen and oxygen atoms in total. The molecule has 172 valence electrons. The van der Waals surface area contributed by atoms with Crippen LogP contribution in [0.3, 0.4) is 0 Å². The molecule has 0 bridgehead atoms. The first kappa shape index (κ1) is 24.1. The van der Waals surface area contributed by atoms with Crippen LogP contribution >= 0.6 is 11.6 Å². The van der Waals surface area contributed by atoms with Crippen molar-refractivity contribution in [2.75, 3.05) is 26.2 Å². The highest BCUT2D eigenvalue weighted by Gasteiger charge is 2.37. The van der Waals surface area contributed by atoms with Crippen LogP contribution in [0.25, 0.3) is 0 Å². The normalized spacial score (nSPS) is 17.3. The van der Waals surface area contributed by atoms with E-state index in [1.165, 1.54) is 33.5 Å². The minimum absolute atomic E-state index is 0.0327. The van der Waals surface area contributed by atoms with Crippen molar-refractivity contribution < 1.29 is 22.7 Å². The molecule has 1 aliphatic rings. The van der Waals surface area contributed by atoms with E-state index in [1.807, 2.05) is 0 Å². The van der Waals surface area contributed by atoms with Gasteiger partial charge in [0.25, 0.3) is 5.91 Å². The lowest BCUT2D eigenvalue weighted by Gasteiger charge is -2.39. The molecule has 1 atom stereocenters. The molecule has 0 aliphatic carbocycles. The Morgan fingerprint density at radius 2 is 1.81 bits per heavy atom. The molecular weight excluding hydrogens is 456 g/mol. The van der Waals surface area contributed by atoms with Crippen molar-refractivity contribution in [1.29, 1.82) is 0 Å². The van der Waals surface area contributed by atoms with Crippen LogP contribution in [-0.4, -0.2) is 71.8 Å². The van der Waals surface area contributed by atoms with Gasteiger partial charge < -0.3 is 9.64 Å². The second-order valence-electron chi connectivity index (χ2n) is 7.47. The van der Waals surface area contributed by atoms with E-state index in [2.05, 4.69) is 9.97 Å². The van der Waals surface area contributed by atoms with Crippen molar-refractivity contribution in [3.05, 3.63) is 52.1 Å². The molecule has 1 aromatic carbocycles. The summed E-state index contributed by atoms with van der Waals surface area (Å²) in [4.78, 5) is 35.8. The molecule has 11 heteroatoms. The van der Waals surface area contributed by atoms with Gasteiger partial charge in [-0.05, 0) is 52.0 Å². The number of halogens is 1. The van der Waals surface area contributed by atoms with E-state index in [0.717, 1.165) is 0 Å². The molecule has 2 heterocycles. The Morgan fingerprint density at radius 3 is 2.41 bits per heavy atom. The number of esters is 1. The van der Waals surface area contributed by atoms with Crippen LogP contribution in [0.2, 0.25) is 5.02 Å². The van der Waals surface area contributed by atoms with Crippen molar-refractivity contribution in [2.24, 2.45) is 0 Å². The number of amides is 1. The van der Waals surface area contributed by atoms with Crippen LogP contribution in [0.4, 0.5) is 0 Å². The zero-order chi connectivity index (χ0) is 23.6. The molecule has 2 aromatic rings. The number of carbonyl (C=O) groups is 2. The first-order chi connectivity index (χ1) is 15.1. The molecule has 32 heavy (non-hydrogen) atoms. The van der Waals surface area contributed by atoms with E-state index in [4.69, 9.17) is 16.3 Å². The predicted molar refractivity (Wildman–Crippen MR) is 118 cm³/mol. The van der Waals surface area contributed by atoms with Crippen LogP contribution in [0.1, 0.15) is 46.2 Å². The van der Waals surface area contributed by atoms with Gasteiger partial charge in [-0.2, -0.15) is 4.31 Å². The van der Waals surface area contributed by atoms with E-state index < -0.39 is 27.9 Å². The highest BCUT2D eigenvalue weighted by atomic mass is 35.5. The second kappa shape index (κ2) is 9.51. The van der Waals surface area contributed by atoms with Crippen molar-refractivity contribution in [3.8, 4) is 0 Å². The maximum absolute atomic E-state index is 13.3. The Bertz CT molecular complexity index is 1140.